The maximum Gasteiger partial charge on any atom is 0.124 e. The molecular formula is C16H19N3. The van der Waals surface area contributed by atoms with Crippen LogP contribution in [0, 0.1) is 0 Å². The van der Waals surface area contributed by atoms with E-state index in [0.29, 0.717) is 0 Å². The molecule has 0 fully saturated rings. The molecule has 3 heteroatoms. The molecule has 0 aliphatic rings. The molecule has 0 radical (unpaired) electrons. The van der Waals surface area contributed by atoms with Crippen LogP contribution < -0.4 is 11.3 Å². The van der Waals surface area contributed by atoms with Crippen molar-refractivity contribution >= 4 is 11.5 Å². The van der Waals surface area contributed by atoms with Gasteiger partial charge >= 0.3 is 0 Å². The Morgan fingerprint density at radius 1 is 1.05 bits per heavy atom. The van der Waals surface area contributed by atoms with E-state index in [4.69, 9.17) is 5.84 Å². The summed E-state index contributed by atoms with van der Waals surface area (Å²) in [6, 6.07) is 20.1. The van der Waals surface area contributed by atoms with Crippen molar-refractivity contribution in [3.63, 3.8) is 0 Å². The van der Waals surface area contributed by atoms with Gasteiger partial charge in [-0.2, -0.15) is 0 Å². The number of nitrogens with one attached hydrogen (secondary N) is 1. The smallest absolute Gasteiger partial charge is 0.124 e. The lowest BCUT2D eigenvalue weighted by atomic mass is 9.95. The zero-order valence-electron chi connectivity index (χ0n) is 11.1. The standard InChI is InChI=1S/C16H19N3/c1-2-15(13-9-5-3-6-10-13)16(19-17)18-14-11-7-4-8-12-14/h3-12,15H,2,17H2,1H3,(H,18,19). The number of nitrogens with two attached hydrogens (primary N) is 1. The molecule has 2 rings (SSSR count). The Bertz CT molecular complexity index is 520. The van der Waals surface area contributed by atoms with E-state index in [1.54, 1.807) is 0 Å². The number of nitrogens with zero attached hydrogens (tertiary/aromatic N) is 1. The first-order chi connectivity index (χ1) is 9.35. The van der Waals surface area contributed by atoms with Crippen LogP contribution in [0.1, 0.15) is 24.8 Å². The van der Waals surface area contributed by atoms with Crippen molar-refractivity contribution in [1.29, 1.82) is 0 Å². The Labute approximate surface area is 114 Å². The normalized spacial score (nSPS) is 13.1. The molecule has 1 atom stereocenters. The summed E-state index contributed by atoms with van der Waals surface area (Å²) in [7, 11) is 0. The molecular weight excluding hydrogens is 234 g/mol. The Morgan fingerprint density at radius 2 is 1.63 bits per heavy atom. The third-order valence-electron chi connectivity index (χ3n) is 3.09. The van der Waals surface area contributed by atoms with Gasteiger partial charge in [0.25, 0.3) is 0 Å². The fraction of sp³-hybridized carbons (Fsp3) is 0.188. The summed E-state index contributed by atoms with van der Waals surface area (Å²) >= 11 is 0. The average molecular weight is 253 g/mol. The maximum atomic E-state index is 5.65. The van der Waals surface area contributed by atoms with E-state index in [0.717, 1.165) is 17.9 Å². The summed E-state index contributed by atoms with van der Waals surface area (Å²) in [6.07, 6.45) is 0.944. The predicted octanol–water partition coefficient (Wildman–Crippen LogP) is 3.37. The third-order valence-corrected chi connectivity index (χ3v) is 3.09. The van der Waals surface area contributed by atoms with Crippen LogP contribution in [0.15, 0.2) is 65.7 Å². The van der Waals surface area contributed by atoms with E-state index in [-0.39, 0.29) is 5.92 Å². The summed E-state index contributed by atoms with van der Waals surface area (Å²) < 4.78 is 0. The van der Waals surface area contributed by atoms with E-state index in [9.17, 15) is 0 Å². The number of para-hydroxylation sites is 1. The number of hydrazine groups is 1. The average Bonchev–Trinajstić information content (AvgIpc) is 2.49. The van der Waals surface area contributed by atoms with Crippen LogP contribution in [0.3, 0.4) is 0 Å². The van der Waals surface area contributed by atoms with Gasteiger partial charge in [-0.3, -0.25) is 0 Å². The second-order valence-corrected chi connectivity index (χ2v) is 4.35. The molecule has 3 N–H and O–H groups in total. The Balaban J connectivity index is 2.32. The predicted molar refractivity (Wildman–Crippen MR) is 80.3 cm³/mol. The maximum absolute atomic E-state index is 5.65. The minimum absolute atomic E-state index is 0.186. The molecule has 0 aromatic heterocycles. The van der Waals surface area contributed by atoms with Gasteiger partial charge in [-0.25, -0.2) is 10.8 Å². The SMILES string of the molecule is CCC(C(=Nc1ccccc1)NN)c1ccccc1. The van der Waals surface area contributed by atoms with Gasteiger partial charge in [0.1, 0.15) is 5.84 Å². The van der Waals surface area contributed by atoms with Crippen LogP contribution in [0.2, 0.25) is 0 Å². The molecule has 0 amide bonds. The van der Waals surface area contributed by atoms with E-state index >= 15 is 0 Å². The second kappa shape index (κ2) is 6.71. The summed E-state index contributed by atoms with van der Waals surface area (Å²) in [5.74, 6) is 6.63. The van der Waals surface area contributed by atoms with Gasteiger partial charge in [-0.15, -0.1) is 0 Å². The zero-order chi connectivity index (χ0) is 13.5. The van der Waals surface area contributed by atoms with Crippen molar-refractivity contribution in [2.45, 2.75) is 19.3 Å². The van der Waals surface area contributed by atoms with Gasteiger partial charge in [0.05, 0.1) is 5.69 Å². The topological polar surface area (TPSA) is 50.4 Å². The van der Waals surface area contributed by atoms with Crippen molar-refractivity contribution in [2.75, 3.05) is 0 Å². The number of amidine groups is 1. The molecule has 2 aromatic carbocycles. The van der Waals surface area contributed by atoms with Crippen LogP contribution >= 0.6 is 0 Å². The number of benzene rings is 2. The van der Waals surface area contributed by atoms with Gasteiger partial charge < -0.3 is 5.43 Å². The van der Waals surface area contributed by atoms with E-state index in [1.165, 1.54) is 5.56 Å². The summed E-state index contributed by atoms with van der Waals surface area (Å²) in [5.41, 5.74) is 4.88. The van der Waals surface area contributed by atoms with Crippen molar-refractivity contribution in [1.82, 2.24) is 5.43 Å². The number of hydrogen-bond acceptors (Lipinski definition) is 2. The molecule has 98 valence electrons. The molecule has 2 aromatic rings. The summed E-state index contributed by atoms with van der Waals surface area (Å²) in [5, 5.41) is 0. The minimum Gasteiger partial charge on any atom is -0.311 e. The van der Waals surface area contributed by atoms with Gasteiger partial charge in [0.2, 0.25) is 0 Å². The van der Waals surface area contributed by atoms with Crippen LogP contribution in [-0.4, -0.2) is 5.84 Å². The molecule has 0 spiro atoms. The minimum atomic E-state index is 0.186. The second-order valence-electron chi connectivity index (χ2n) is 4.35. The molecule has 19 heavy (non-hydrogen) atoms. The lowest BCUT2D eigenvalue weighted by Gasteiger charge is -2.17. The monoisotopic (exact) mass is 253 g/mol. The van der Waals surface area contributed by atoms with Gasteiger partial charge in [-0.05, 0) is 24.1 Å². The van der Waals surface area contributed by atoms with Crippen molar-refractivity contribution in [2.24, 2.45) is 10.8 Å². The highest BCUT2D eigenvalue weighted by Crippen LogP contribution is 2.22. The van der Waals surface area contributed by atoms with Gasteiger partial charge in [0.15, 0.2) is 0 Å². The molecule has 0 aliphatic heterocycles. The molecule has 0 heterocycles. The molecule has 0 saturated heterocycles. The fourth-order valence-corrected chi connectivity index (χ4v) is 2.12. The van der Waals surface area contributed by atoms with Crippen LogP contribution in [0.5, 0.6) is 0 Å². The highest BCUT2D eigenvalue weighted by molar-refractivity contribution is 5.90. The highest BCUT2D eigenvalue weighted by atomic mass is 15.3. The summed E-state index contributed by atoms with van der Waals surface area (Å²) in [6.45, 7) is 2.13. The van der Waals surface area contributed by atoms with Gasteiger partial charge in [-0.1, -0.05) is 55.5 Å². The third kappa shape index (κ3) is 3.42. The number of aliphatic imine (C=N–C) groups is 1. The molecule has 3 nitrogen and oxygen atoms in total. The lowest BCUT2D eigenvalue weighted by Crippen LogP contribution is -2.34. The molecule has 0 bridgehead atoms. The Hall–Kier alpha value is -2.13. The fourth-order valence-electron chi connectivity index (χ4n) is 2.12. The van der Waals surface area contributed by atoms with Crippen LogP contribution in [0.25, 0.3) is 0 Å². The van der Waals surface area contributed by atoms with E-state index in [1.807, 2.05) is 48.5 Å². The molecule has 0 saturated carbocycles. The molecule has 1 unspecified atom stereocenters. The molecule has 0 aliphatic carbocycles. The van der Waals surface area contributed by atoms with Crippen LogP contribution in [-0.2, 0) is 0 Å². The van der Waals surface area contributed by atoms with Crippen molar-refractivity contribution < 1.29 is 0 Å². The Kier molecular flexibility index (Phi) is 4.70. The first-order valence-electron chi connectivity index (χ1n) is 6.50. The summed E-state index contributed by atoms with van der Waals surface area (Å²) in [4.78, 5) is 4.61. The van der Waals surface area contributed by atoms with Crippen LogP contribution in [0.4, 0.5) is 5.69 Å². The quantitative estimate of drug-likeness (QED) is 0.380. The Morgan fingerprint density at radius 3 is 2.16 bits per heavy atom. The van der Waals surface area contributed by atoms with Crippen molar-refractivity contribution in [3.8, 4) is 0 Å². The first kappa shape index (κ1) is 13.3. The number of hydrogen-bond donors (Lipinski definition) is 2. The highest BCUT2D eigenvalue weighted by Gasteiger charge is 2.15. The number of rotatable bonds is 4. The first-order valence-corrected chi connectivity index (χ1v) is 6.50. The van der Waals surface area contributed by atoms with Crippen molar-refractivity contribution in [3.05, 3.63) is 66.2 Å². The van der Waals surface area contributed by atoms with E-state index in [2.05, 4.69) is 29.5 Å². The van der Waals surface area contributed by atoms with Gasteiger partial charge in [0, 0.05) is 5.92 Å². The largest absolute Gasteiger partial charge is 0.311 e. The van der Waals surface area contributed by atoms with E-state index < -0.39 is 0 Å². The zero-order valence-corrected chi connectivity index (χ0v) is 11.1. The lowest BCUT2D eigenvalue weighted by molar-refractivity contribution is 0.797.